The molecule has 0 radical (unpaired) electrons. The van der Waals surface area contributed by atoms with E-state index in [2.05, 4.69) is 12.2 Å². The third-order valence-electron chi connectivity index (χ3n) is 2.85. The Hall–Kier alpha value is -1.21. The van der Waals surface area contributed by atoms with Crippen LogP contribution in [0.4, 0.5) is 14.5 Å². The second-order valence-corrected chi connectivity index (χ2v) is 6.49. The summed E-state index contributed by atoms with van der Waals surface area (Å²) in [5.41, 5.74) is 0.691. The van der Waals surface area contributed by atoms with Gasteiger partial charge >= 0.3 is 5.76 Å². The van der Waals surface area contributed by atoms with Crippen LogP contribution in [0, 0.1) is 0 Å². The van der Waals surface area contributed by atoms with Crippen LogP contribution in [0.1, 0.15) is 26.2 Å². The molecule has 4 nitrogen and oxygen atoms in total. The summed E-state index contributed by atoms with van der Waals surface area (Å²) >= 11 is 0. The van der Waals surface area contributed by atoms with Crippen molar-refractivity contribution in [2.75, 3.05) is 25.1 Å². The zero-order chi connectivity index (χ0) is 15.7. The molecule has 0 aromatic heterocycles. The summed E-state index contributed by atoms with van der Waals surface area (Å²) in [5, 5.41) is 3.08. The predicted molar refractivity (Wildman–Crippen MR) is 78.5 cm³/mol. The first-order valence-corrected chi connectivity index (χ1v) is 8.47. The van der Waals surface area contributed by atoms with Gasteiger partial charge in [-0.05, 0) is 37.1 Å². The van der Waals surface area contributed by atoms with Crippen molar-refractivity contribution in [1.82, 2.24) is 0 Å². The number of unbranched alkanes of at least 4 members (excludes halogenated alkanes) is 1. The van der Waals surface area contributed by atoms with Crippen LogP contribution >= 0.6 is 0 Å². The number of ether oxygens (including phenoxy) is 1. The maximum absolute atomic E-state index is 12.4. The summed E-state index contributed by atoms with van der Waals surface area (Å²) in [4.78, 5) is -0.369. The molecule has 1 rings (SSSR count). The van der Waals surface area contributed by atoms with E-state index in [1.54, 1.807) is 0 Å². The van der Waals surface area contributed by atoms with Crippen LogP contribution in [0.2, 0.25) is 0 Å². The van der Waals surface area contributed by atoms with E-state index >= 15 is 0 Å². The first kappa shape index (κ1) is 17.8. The van der Waals surface area contributed by atoms with E-state index in [1.807, 2.05) is 0 Å². The molecule has 0 saturated heterocycles. The number of halogens is 2. The highest BCUT2D eigenvalue weighted by atomic mass is 32.2. The van der Waals surface area contributed by atoms with E-state index < -0.39 is 15.6 Å². The Balaban J connectivity index is 2.35. The summed E-state index contributed by atoms with van der Waals surface area (Å²) in [6.45, 7) is 4.19. The highest BCUT2D eigenvalue weighted by Gasteiger charge is 2.26. The average Bonchev–Trinajstić information content (AvgIpc) is 2.46. The first-order valence-electron chi connectivity index (χ1n) is 6.92. The maximum Gasteiger partial charge on any atom is 0.341 e. The fraction of sp³-hybridized carbons (Fsp3) is 0.571. The molecule has 0 aliphatic carbocycles. The molecular formula is C14H21F2NO3S. The average molecular weight is 321 g/mol. The number of nitrogens with one attached hydrogen (secondary N) is 1. The molecule has 0 heterocycles. The molecule has 0 fully saturated rings. The molecule has 0 bridgehead atoms. The Labute approximate surface area is 124 Å². The predicted octanol–water partition coefficient (Wildman–Crippen LogP) is 3.30. The zero-order valence-electron chi connectivity index (χ0n) is 12.0. The highest BCUT2D eigenvalue weighted by Crippen LogP contribution is 2.20. The number of alkyl halides is 2. The number of rotatable bonds is 10. The van der Waals surface area contributed by atoms with Crippen molar-refractivity contribution in [3.63, 3.8) is 0 Å². The van der Waals surface area contributed by atoms with Gasteiger partial charge in [0, 0.05) is 25.4 Å². The van der Waals surface area contributed by atoms with Gasteiger partial charge in [-0.2, -0.15) is 8.78 Å². The number of hydrogen-bond donors (Lipinski definition) is 1. The van der Waals surface area contributed by atoms with Crippen molar-refractivity contribution in [2.24, 2.45) is 0 Å². The molecule has 0 aliphatic rings. The molecule has 1 aromatic carbocycles. The lowest BCUT2D eigenvalue weighted by Crippen LogP contribution is -2.11. The van der Waals surface area contributed by atoms with Gasteiger partial charge in [-0.15, -0.1) is 0 Å². The Bertz CT molecular complexity index is 503. The quantitative estimate of drug-likeness (QED) is 0.672. The van der Waals surface area contributed by atoms with Gasteiger partial charge in [-0.25, -0.2) is 8.42 Å². The lowest BCUT2D eigenvalue weighted by molar-refractivity contribution is 0.131. The van der Waals surface area contributed by atoms with Gasteiger partial charge in [0.1, 0.15) is 0 Å². The van der Waals surface area contributed by atoms with Crippen molar-refractivity contribution in [1.29, 1.82) is 0 Å². The molecule has 1 aromatic rings. The molecule has 120 valence electrons. The SMILES string of the molecule is CCCCOCCCNc1ccc(S(=O)(=O)C(F)F)cc1. The van der Waals surface area contributed by atoms with Gasteiger partial charge in [0.15, 0.2) is 0 Å². The first-order chi connectivity index (χ1) is 9.98. The molecular weight excluding hydrogens is 300 g/mol. The van der Waals surface area contributed by atoms with Gasteiger partial charge in [-0.3, -0.25) is 0 Å². The Morgan fingerprint density at radius 2 is 1.76 bits per heavy atom. The Kier molecular flexibility index (Phi) is 7.60. The van der Waals surface area contributed by atoms with Crippen LogP contribution in [0.3, 0.4) is 0 Å². The van der Waals surface area contributed by atoms with Crippen LogP contribution < -0.4 is 5.32 Å². The third-order valence-corrected chi connectivity index (χ3v) is 4.25. The van der Waals surface area contributed by atoms with E-state index in [9.17, 15) is 17.2 Å². The Morgan fingerprint density at radius 3 is 2.33 bits per heavy atom. The minimum Gasteiger partial charge on any atom is -0.385 e. The minimum absolute atomic E-state index is 0.369. The van der Waals surface area contributed by atoms with Gasteiger partial charge in [0.25, 0.3) is 0 Å². The van der Waals surface area contributed by atoms with Gasteiger partial charge in [0.05, 0.1) is 4.90 Å². The minimum atomic E-state index is -4.51. The summed E-state index contributed by atoms with van der Waals surface area (Å²) in [5.74, 6) is -3.39. The van der Waals surface area contributed by atoms with Crippen molar-refractivity contribution < 1.29 is 21.9 Å². The van der Waals surface area contributed by atoms with E-state index in [0.717, 1.165) is 25.9 Å². The van der Waals surface area contributed by atoms with Crippen molar-refractivity contribution in [3.05, 3.63) is 24.3 Å². The van der Waals surface area contributed by atoms with Gasteiger partial charge < -0.3 is 10.1 Å². The van der Waals surface area contributed by atoms with E-state index in [1.165, 1.54) is 24.3 Å². The fourth-order valence-corrected chi connectivity index (χ4v) is 2.34. The normalized spacial score (nSPS) is 11.8. The number of benzene rings is 1. The van der Waals surface area contributed by atoms with Gasteiger partial charge in [0.2, 0.25) is 9.84 Å². The summed E-state index contributed by atoms with van der Waals surface area (Å²) in [6, 6.07) is 5.32. The standard InChI is InChI=1S/C14H21F2NO3S/c1-2-3-10-20-11-4-9-17-12-5-7-13(8-6-12)21(18,19)14(15)16/h5-8,14,17H,2-4,9-11H2,1H3. The number of hydrogen-bond acceptors (Lipinski definition) is 4. The van der Waals surface area contributed by atoms with Crippen LogP contribution in [0.15, 0.2) is 29.2 Å². The van der Waals surface area contributed by atoms with Crippen molar-refractivity contribution >= 4 is 15.5 Å². The zero-order valence-corrected chi connectivity index (χ0v) is 12.8. The number of sulfone groups is 1. The molecule has 0 spiro atoms. The summed E-state index contributed by atoms with van der Waals surface area (Å²) in [7, 11) is -4.51. The monoisotopic (exact) mass is 321 g/mol. The molecule has 21 heavy (non-hydrogen) atoms. The van der Waals surface area contributed by atoms with Crippen LogP contribution in [0.25, 0.3) is 0 Å². The molecule has 0 atom stereocenters. The smallest absolute Gasteiger partial charge is 0.341 e. The van der Waals surface area contributed by atoms with Crippen molar-refractivity contribution in [2.45, 2.75) is 36.8 Å². The lowest BCUT2D eigenvalue weighted by atomic mass is 10.3. The van der Waals surface area contributed by atoms with E-state index in [4.69, 9.17) is 4.74 Å². The molecule has 0 amide bonds. The topological polar surface area (TPSA) is 55.4 Å². The number of anilines is 1. The molecule has 7 heteroatoms. The maximum atomic E-state index is 12.4. The highest BCUT2D eigenvalue weighted by molar-refractivity contribution is 7.91. The molecule has 0 aliphatic heterocycles. The van der Waals surface area contributed by atoms with Gasteiger partial charge in [-0.1, -0.05) is 13.3 Å². The molecule has 0 saturated carbocycles. The molecule has 1 N–H and O–H groups in total. The van der Waals surface area contributed by atoms with E-state index in [0.29, 0.717) is 18.8 Å². The second kappa shape index (κ2) is 8.94. The van der Waals surface area contributed by atoms with Crippen molar-refractivity contribution in [3.8, 4) is 0 Å². The largest absolute Gasteiger partial charge is 0.385 e. The Morgan fingerprint density at radius 1 is 1.14 bits per heavy atom. The fourth-order valence-electron chi connectivity index (χ4n) is 1.62. The van der Waals surface area contributed by atoms with Crippen LogP contribution in [0.5, 0.6) is 0 Å². The van der Waals surface area contributed by atoms with Crippen LogP contribution in [-0.2, 0) is 14.6 Å². The summed E-state index contributed by atoms with van der Waals surface area (Å²) < 4.78 is 52.6. The second-order valence-electron chi connectivity index (χ2n) is 4.58. The van der Waals surface area contributed by atoms with Crippen LogP contribution in [-0.4, -0.2) is 33.9 Å². The van der Waals surface area contributed by atoms with E-state index in [-0.39, 0.29) is 4.90 Å². The third kappa shape index (κ3) is 5.97. The molecule has 0 unspecified atom stereocenters. The lowest BCUT2D eigenvalue weighted by Gasteiger charge is -2.08. The summed E-state index contributed by atoms with van der Waals surface area (Å²) in [6.07, 6.45) is 2.97.